The van der Waals surface area contributed by atoms with Gasteiger partial charge in [-0.2, -0.15) is 0 Å². The number of amides is 1. The third-order valence-electron chi connectivity index (χ3n) is 5.33. The number of hydrogen-bond donors (Lipinski definition) is 2. The molecule has 1 aliphatic rings. The van der Waals surface area contributed by atoms with E-state index in [0.717, 1.165) is 24.0 Å². The first-order valence-corrected chi connectivity index (χ1v) is 9.32. The van der Waals surface area contributed by atoms with Gasteiger partial charge in [0.1, 0.15) is 5.75 Å². The summed E-state index contributed by atoms with van der Waals surface area (Å²) in [5.41, 5.74) is 2.30. The molecule has 0 bridgehead atoms. The van der Waals surface area contributed by atoms with Crippen molar-refractivity contribution in [1.29, 1.82) is 0 Å². The van der Waals surface area contributed by atoms with Crippen LogP contribution in [0, 0.1) is 5.92 Å². The van der Waals surface area contributed by atoms with Crippen LogP contribution < -0.4 is 0 Å². The van der Waals surface area contributed by atoms with Gasteiger partial charge in [-0.05, 0) is 47.9 Å². The van der Waals surface area contributed by atoms with Crippen LogP contribution in [0.3, 0.4) is 0 Å². The molecule has 0 aliphatic carbocycles. The lowest BCUT2D eigenvalue weighted by molar-refractivity contribution is 0.0460. The van der Waals surface area contributed by atoms with E-state index >= 15 is 0 Å². The van der Waals surface area contributed by atoms with E-state index in [-0.39, 0.29) is 17.6 Å². The number of carbonyl (C=O) groups is 1. The molecule has 3 rings (SSSR count). The van der Waals surface area contributed by atoms with Crippen molar-refractivity contribution in [2.24, 2.45) is 5.92 Å². The van der Waals surface area contributed by atoms with Crippen molar-refractivity contribution in [3.63, 3.8) is 0 Å². The van der Waals surface area contributed by atoms with Gasteiger partial charge in [0.15, 0.2) is 0 Å². The second-order valence-electron chi connectivity index (χ2n) is 7.42. The van der Waals surface area contributed by atoms with Crippen LogP contribution in [0.5, 0.6) is 5.75 Å². The zero-order valence-electron chi connectivity index (χ0n) is 15.4. The number of benzene rings is 2. The van der Waals surface area contributed by atoms with Crippen LogP contribution in [0.1, 0.15) is 60.2 Å². The third kappa shape index (κ3) is 3.91. The number of piperidine rings is 1. The Labute approximate surface area is 155 Å². The van der Waals surface area contributed by atoms with Crippen molar-refractivity contribution in [2.45, 2.75) is 38.7 Å². The normalized spacial score (nSPS) is 16.7. The number of phenols is 1. The summed E-state index contributed by atoms with van der Waals surface area (Å²) in [5, 5.41) is 20.8. The molecule has 4 heteroatoms. The highest BCUT2D eigenvalue weighted by Gasteiger charge is 2.29. The van der Waals surface area contributed by atoms with Crippen LogP contribution in [0.25, 0.3) is 0 Å². The van der Waals surface area contributed by atoms with Crippen LogP contribution in [0.15, 0.2) is 48.5 Å². The number of hydrogen-bond acceptors (Lipinski definition) is 3. The van der Waals surface area contributed by atoms with Crippen LogP contribution >= 0.6 is 0 Å². The van der Waals surface area contributed by atoms with Crippen molar-refractivity contribution < 1.29 is 15.0 Å². The second kappa shape index (κ2) is 7.92. The molecule has 1 fully saturated rings. The molecule has 0 spiro atoms. The van der Waals surface area contributed by atoms with Crippen LogP contribution in [0.2, 0.25) is 0 Å². The summed E-state index contributed by atoms with van der Waals surface area (Å²) < 4.78 is 0. The number of carbonyl (C=O) groups excluding carboxylic acids is 1. The summed E-state index contributed by atoms with van der Waals surface area (Å²) in [4.78, 5) is 14.5. The van der Waals surface area contributed by atoms with Gasteiger partial charge >= 0.3 is 0 Å². The smallest absolute Gasteiger partial charge is 0.257 e. The van der Waals surface area contributed by atoms with Crippen LogP contribution in [0.4, 0.5) is 0 Å². The summed E-state index contributed by atoms with van der Waals surface area (Å²) in [6, 6.07) is 15.0. The minimum absolute atomic E-state index is 0.0487. The Morgan fingerprint density at radius 2 is 1.69 bits per heavy atom. The molecule has 1 heterocycles. The molecule has 1 amide bonds. The molecule has 0 saturated carbocycles. The van der Waals surface area contributed by atoms with Crippen molar-refractivity contribution in [3.05, 3.63) is 65.2 Å². The van der Waals surface area contributed by atoms with Gasteiger partial charge in [-0.3, -0.25) is 4.79 Å². The topological polar surface area (TPSA) is 60.8 Å². The number of likely N-dealkylation sites (tertiary alicyclic amines) is 1. The van der Waals surface area contributed by atoms with E-state index in [9.17, 15) is 15.0 Å². The molecule has 1 atom stereocenters. The summed E-state index contributed by atoms with van der Waals surface area (Å²) in [5.74, 6) is 0.372. The van der Waals surface area contributed by atoms with Crippen LogP contribution in [-0.4, -0.2) is 34.1 Å². The quantitative estimate of drug-likeness (QED) is 0.870. The number of aromatic hydroxyl groups is 1. The Kier molecular flexibility index (Phi) is 5.62. The Balaban J connectivity index is 1.64. The van der Waals surface area contributed by atoms with Crippen molar-refractivity contribution in [2.75, 3.05) is 13.1 Å². The van der Waals surface area contributed by atoms with E-state index in [1.54, 1.807) is 17.0 Å². The van der Waals surface area contributed by atoms with Gasteiger partial charge in [0.05, 0.1) is 11.7 Å². The molecular formula is C22H27NO3. The third-order valence-corrected chi connectivity index (χ3v) is 5.33. The first-order valence-electron chi connectivity index (χ1n) is 9.32. The summed E-state index contributed by atoms with van der Waals surface area (Å²) >= 11 is 0. The average Bonchev–Trinajstić information content (AvgIpc) is 2.67. The van der Waals surface area contributed by atoms with Crippen molar-refractivity contribution in [3.8, 4) is 5.75 Å². The van der Waals surface area contributed by atoms with E-state index < -0.39 is 6.10 Å². The Bertz CT molecular complexity index is 749. The number of phenolic OH excluding ortho intramolecular Hbond substituents is 1. The van der Waals surface area contributed by atoms with Gasteiger partial charge in [0.25, 0.3) is 5.91 Å². The maximum Gasteiger partial charge on any atom is 0.257 e. The molecule has 1 aliphatic heterocycles. The lowest BCUT2D eigenvalue weighted by atomic mass is 9.87. The highest BCUT2D eigenvalue weighted by molar-refractivity contribution is 5.97. The fraction of sp³-hybridized carbons (Fsp3) is 0.409. The molecule has 0 unspecified atom stereocenters. The highest BCUT2D eigenvalue weighted by Crippen LogP contribution is 2.32. The predicted octanol–water partition coefficient (Wildman–Crippen LogP) is 4.10. The van der Waals surface area contributed by atoms with Gasteiger partial charge in [-0.1, -0.05) is 50.2 Å². The maximum atomic E-state index is 12.8. The number of nitrogens with zero attached hydrogens (tertiary/aromatic N) is 1. The maximum absolute atomic E-state index is 12.8. The number of rotatable bonds is 4. The summed E-state index contributed by atoms with van der Waals surface area (Å²) in [6.07, 6.45) is 1.02. The molecule has 0 aromatic heterocycles. The predicted molar refractivity (Wildman–Crippen MR) is 102 cm³/mol. The zero-order valence-corrected chi connectivity index (χ0v) is 15.4. The second-order valence-corrected chi connectivity index (χ2v) is 7.42. The van der Waals surface area contributed by atoms with Gasteiger partial charge in [0, 0.05) is 13.1 Å². The van der Waals surface area contributed by atoms with E-state index in [1.165, 1.54) is 0 Å². The SMILES string of the molecule is CC(C)c1ccc(C(=O)N2CCC([C@H](O)c3ccccc3)CC2)c(O)c1. The molecule has 0 radical (unpaired) electrons. The molecule has 138 valence electrons. The minimum atomic E-state index is -0.493. The standard InChI is InChI=1S/C22H27NO3/c1-15(2)18-8-9-19(20(24)14-18)22(26)23-12-10-17(11-13-23)21(25)16-6-4-3-5-7-16/h3-9,14-15,17,21,24-25H,10-13H2,1-2H3/t21-/m1/s1. The van der Waals surface area contributed by atoms with E-state index in [1.807, 2.05) is 36.4 Å². The Morgan fingerprint density at radius 1 is 1.04 bits per heavy atom. The van der Waals surface area contributed by atoms with Gasteiger partial charge in [0.2, 0.25) is 0 Å². The molecular weight excluding hydrogens is 326 g/mol. The molecule has 2 N–H and O–H groups in total. The van der Waals surface area contributed by atoms with Crippen molar-refractivity contribution in [1.82, 2.24) is 4.90 Å². The first-order chi connectivity index (χ1) is 12.5. The van der Waals surface area contributed by atoms with Gasteiger partial charge < -0.3 is 15.1 Å². The van der Waals surface area contributed by atoms with Crippen molar-refractivity contribution >= 4 is 5.91 Å². The lowest BCUT2D eigenvalue weighted by Crippen LogP contribution is -2.39. The summed E-state index contributed by atoms with van der Waals surface area (Å²) in [6.45, 7) is 5.30. The molecule has 1 saturated heterocycles. The van der Waals surface area contributed by atoms with E-state index in [4.69, 9.17) is 0 Å². The Hall–Kier alpha value is -2.33. The van der Waals surface area contributed by atoms with Gasteiger partial charge in [-0.15, -0.1) is 0 Å². The van der Waals surface area contributed by atoms with Gasteiger partial charge in [-0.25, -0.2) is 0 Å². The summed E-state index contributed by atoms with van der Waals surface area (Å²) in [7, 11) is 0. The largest absolute Gasteiger partial charge is 0.507 e. The lowest BCUT2D eigenvalue weighted by Gasteiger charge is -2.34. The Morgan fingerprint density at radius 3 is 2.27 bits per heavy atom. The highest BCUT2D eigenvalue weighted by atomic mass is 16.3. The van der Waals surface area contributed by atoms with E-state index in [0.29, 0.717) is 24.6 Å². The first kappa shape index (κ1) is 18.5. The number of aliphatic hydroxyl groups is 1. The van der Waals surface area contributed by atoms with Crippen LogP contribution in [-0.2, 0) is 0 Å². The monoisotopic (exact) mass is 353 g/mol. The molecule has 26 heavy (non-hydrogen) atoms. The minimum Gasteiger partial charge on any atom is -0.507 e. The number of aliphatic hydroxyl groups excluding tert-OH is 1. The fourth-order valence-electron chi connectivity index (χ4n) is 3.60. The van der Waals surface area contributed by atoms with E-state index in [2.05, 4.69) is 13.8 Å². The fourth-order valence-corrected chi connectivity index (χ4v) is 3.60. The molecule has 2 aromatic rings. The molecule has 2 aromatic carbocycles. The average molecular weight is 353 g/mol. The molecule has 4 nitrogen and oxygen atoms in total. The zero-order chi connectivity index (χ0) is 18.7.